The summed E-state index contributed by atoms with van der Waals surface area (Å²) in [5.74, 6) is 0.282. The number of unbranched alkanes of at least 4 members (excludes halogenated alkanes) is 1. The van der Waals surface area contributed by atoms with Crippen LogP contribution in [0.15, 0.2) is 0 Å². The number of urea groups is 1. The fraction of sp³-hybridized carbons (Fsp3) is 0.846. The number of nitrogens with one attached hydrogen (secondary N) is 3. The summed E-state index contributed by atoms with van der Waals surface area (Å²) in [6.45, 7) is 5.99. The van der Waals surface area contributed by atoms with Gasteiger partial charge in [-0.25, -0.2) is 4.79 Å². The van der Waals surface area contributed by atoms with Crippen LogP contribution < -0.4 is 21.7 Å². The molecule has 0 aromatic rings. The van der Waals surface area contributed by atoms with E-state index >= 15 is 0 Å². The van der Waals surface area contributed by atoms with Crippen molar-refractivity contribution in [2.45, 2.75) is 51.6 Å². The van der Waals surface area contributed by atoms with Crippen LogP contribution >= 0.6 is 0 Å². The summed E-state index contributed by atoms with van der Waals surface area (Å²) in [6, 6.07) is -0.985. The maximum absolute atomic E-state index is 12.2. The molecular formula is C13H26N4O2. The van der Waals surface area contributed by atoms with E-state index in [1.165, 1.54) is 0 Å². The molecule has 0 aromatic heterocycles. The highest BCUT2D eigenvalue weighted by molar-refractivity contribution is 5.86. The van der Waals surface area contributed by atoms with Crippen molar-refractivity contribution in [1.29, 1.82) is 0 Å². The highest BCUT2D eigenvalue weighted by Crippen LogP contribution is 2.11. The second-order valence-electron chi connectivity index (χ2n) is 5.29. The van der Waals surface area contributed by atoms with E-state index in [1.54, 1.807) is 0 Å². The van der Waals surface area contributed by atoms with Gasteiger partial charge in [0, 0.05) is 6.04 Å². The molecule has 0 aromatic carbocycles. The summed E-state index contributed by atoms with van der Waals surface area (Å²) in [5.41, 5.74) is 5.12. The predicted molar refractivity (Wildman–Crippen MR) is 74.6 cm³/mol. The lowest BCUT2D eigenvalue weighted by atomic mass is 9.95. The molecule has 6 heteroatoms. The first-order chi connectivity index (χ1) is 9.04. The molecule has 0 spiro atoms. The molecule has 1 fully saturated rings. The van der Waals surface area contributed by atoms with E-state index in [1.807, 2.05) is 6.92 Å². The Morgan fingerprint density at radius 1 is 1.47 bits per heavy atom. The molecule has 1 aliphatic rings. The van der Waals surface area contributed by atoms with Gasteiger partial charge < -0.3 is 21.7 Å². The van der Waals surface area contributed by atoms with E-state index in [2.05, 4.69) is 22.9 Å². The van der Waals surface area contributed by atoms with Gasteiger partial charge in [-0.05, 0) is 31.8 Å². The second kappa shape index (κ2) is 7.99. The average molecular weight is 270 g/mol. The van der Waals surface area contributed by atoms with Gasteiger partial charge in [0.15, 0.2) is 0 Å². The Balaban J connectivity index is 2.51. The van der Waals surface area contributed by atoms with E-state index in [4.69, 9.17) is 5.73 Å². The van der Waals surface area contributed by atoms with Gasteiger partial charge in [-0.1, -0.05) is 26.7 Å². The first kappa shape index (κ1) is 15.8. The second-order valence-corrected chi connectivity index (χ2v) is 5.29. The summed E-state index contributed by atoms with van der Waals surface area (Å²) >= 11 is 0. The van der Waals surface area contributed by atoms with Crippen LogP contribution in [0.1, 0.15) is 39.5 Å². The summed E-state index contributed by atoms with van der Waals surface area (Å²) in [5, 5.41) is 8.86. The molecule has 1 rings (SSSR count). The number of hydrogen-bond donors (Lipinski definition) is 4. The number of rotatable bonds is 6. The number of primary amides is 1. The Morgan fingerprint density at radius 3 is 2.79 bits per heavy atom. The summed E-state index contributed by atoms with van der Waals surface area (Å²) in [4.78, 5) is 23.2. The molecule has 5 N–H and O–H groups in total. The molecule has 3 atom stereocenters. The molecule has 0 radical (unpaired) electrons. The summed E-state index contributed by atoms with van der Waals surface area (Å²) in [6.07, 6.45) is 3.42. The van der Waals surface area contributed by atoms with Crippen LogP contribution in [-0.4, -0.2) is 37.1 Å². The first-order valence-corrected chi connectivity index (χ1v) is 7.11. The minimum atomic E-state index is -0.644. The third-order valence-corrected chi connectivity index (χ3v) is 3.59. The van der Waals surface area contributed by atoms with Crippen LogP contribution in [0, 0.1) is 5.92 Å². The van der Waals surface area contributed by atoms with Crippen LogP contribution in [0.5, 0.6) is 0 Å². The summed E-state index contributed by atoms with van der Waals surface area (Å²) in [7, 11) is 0. The SMILES string of the molecule is CCCCC(NC(N)=O)C(=O)NC1CCNCC1C. The zero-order valence-electron chi connectivity index (χ0n) is 11.9. The number of nitrogens with two attached hydrogens (primary N) is 1. The zero-order chi connectivity index (χ0) is 14.3. The Kier molecular flexibility index (Phi) is 6.62. The van der Waals surface area contributed by atoms with Gasteiger partial charge in [-0.15, -0.1) is 0 Å². The molecule has 1 saturated heterocycles. The van der Waals surface area contributed by atoms with E-state index in [0.717, 1.165) is 32.4 Å². The van der Waals surface area contributed by atoms with E-state index < -0.39 is 12.1 Å². The topological polar surface area (TPSA) is 96.2 Å². The maximum Gasteiger partial charge on any atom is 0.312 e. The van der Waals surface area contributed by atoms with Crippen LogP contribution in [0.4, 0.5) is 4.79 Å². The van der Waals surface area contributed by atoms with Crippen LogP contribution in [0.25, 0.3) is 0 Å². The Bertz CT molecular complexity index is 309. The van der Waals surface area contributed by atoms with Crippen molar-refractivity contribution in [3.05, 3.63) is 0 Å². The standard InChI is InChI=1S/C13H26N4O2/c1-3-4-5-11(17-13(14)19)12(18)16-10-6-7-15-8-9(10)2/h9-11,15H,3-8H2,1-2H3,(H,16,18)(H3,14,17,19). The van der Waals surface area contributed by atoms with Crippen molar-refractivity contribution in [2.75, 3.05) is 13.1 Å². The van der Waals surface area contributed by atoms with Gasteiger partial charge in [0.25, 0.3) is 0 Å². The van der Waals surface area contributed by atoms with Gasteiger partial charge in [0.2, 0.25) is 5.91 Å². The van der Waals surface area contributed by atoms with Gasteiger partial charge in [0.05, 0.1) is 0 Å². The molecule has 19 heavy (non-hydrogen) atoms. The smallest absolute Gasteiger partial charge is 0.312 e. The van der Waals surface area contributed by atoms with Gasteiger partial charge >= 0.3 is 6.03 Å². The van der Waals surface area contributed by atoms with E-state index in [9.17, 15) is 9.59 Å². The largest absolute Gasteiger partial charge is 0.352 e. The molecule has 0 saturated carbocycles. The van der Waals surface area contributed by atoms with Gasteiger partial charge in [-0.3, -0.25) is 4.79 Å². The third-order valence-electron chi connectivity index (χ3n) is 3.59. The number of hydrogen-bond acceptors (Lipinski definition) is 3. The summed E-state index contributed by atoms with van der Waals surface area (Å²) < 4.78 is 0. The predicted octanol–water partition coefficient (Wildman–Crippen LogP) is 0.328. The molecule has 1 heterocycles. The van der Waals surface area contributed by atoms with E-state index in [0.29, 0.717) is 12.3 Å². The lowest BCUT2D eigenvalue weighted by Crippen LogP contribution is -2.55. The van der Waals surface area contributed by atoms with Crippen LogP contribution in [0.3, 0.4) is 0 Å². The quantitative estimate of drug-likeness (QED) is 0.560. The van der Waals surface area contributed by atoms with Crippen LogP contribution in [-0.2, 0) is 4.79 Å². The molecule has 3 amide bonds. The van der Waals surface area contributed by atoms with Crippen molar-refractivity contribution in [3.63, 3.8) is 0 Å². The van der Waals surface area contributed by atoms with Crippen molar-refractivity contribution in [1.82, 2.24) is 16.0 Å². The minimum Gasteiger partial charge on any atom is -0.352 e. The van der Waals surface area contributed by atoms with Crippen molar-refractivity contribution in [3.8, 4) is 0 Å². The molecular weight excluding hydrogens is 244 g/mol. The molecule has 1 aliphatic heterocycles. The van der Waals surface area contributed by atoms with Crippen molar-refractivity contribution in [2.24, 2.45) is 11.7 Å². The maximum atomic E-state index is 12.2. The molecule has 3 unspecified atom stereocenters. The minimum absolute atomic E-state index is 0.119. The Morgan fingerprint density at radius 2 is 2.21 bits per heavy atom. The normalized spacial score (nSPS) is 24.5. The fourth-order valence-electron chi connectivity index (χ4n) is 2.36. The van der Waals surface area contributed by atoms with Gasteiger partial charge in [-0.2, -0.15) is 0 Å². The number of carbonyl (C=O) groups is 2. The van der Waals surface area contributed by atoms with Crippen molar-refractivity contribution >= 4 is 11.9 Å². The lowest BCUT2D eigenvalue weighted by molar-refractivity contribution is -0.124. The number of carbonyl (C=O) groups excluding carboxylic acids is 2. The molecule has 0 aliphatic carbocycles. The fourth-order valence-corrected chi connectivity index (χ4v) is 2.36. The first-order valence-electron chi connectivity index (χ1n) is 7.11. The van der Waals surface area contributed by atoms with Crippen molar-refractivity contribution < 1.29 is 9.59 Å². The number of amides is 3. The van der Waals surface area contributed by atoms with Gasteiger partial charge in [0.1, 0.15) is 6.04 Å². The number of piperidine rings is 1. The molecule has 110 valence electrons. The Hall–Kier alpha value is -1.30. The highest BCUT2D eigenvalue weighted by Gasteiger charge is 2.26. The monoisotopic (exact) mass is 270 g/mol. The zero-order valence-corrected chi connectivity index (χ0v) is 11.9. The van der Waals surface area contributed by atoms with Crippen LogP contribution in [0.2, 0.25) is 0 Å². The highest BCUT2D eigenvalue weighted by atomic mass is 16.2. The third kappa shape index (κ3) is 5.46. The molecule has 6 nitrogen and oxygen atoms in total. The van der Waals surface area contributed by atoms with E-state index in [-0.39, 0.29) is 11.9 Å². The average Bonchev–Trinajstić information content (AvgIpc) is 2.36. The lowest BCUT2D eigenvalue weighted by Gasteiger charge is -2.31. The Labute approximate surface area is 114 Å². The molecule has 0 bridgehead atoms.